The summed E-state index contributed by atoms with van der Waals surface area (Å²) >= 11 is 0. The van der Waals surface area contributed by atoms with Crippen LogP contribution in [-0.2, 0) is 16.4 Å². The highest BCUT2D eigenvalue weighted by atomic mass is 32.2. The van der Waals surface area contributed by atoms with Gasteiger partial charge in [-0.05, 0) is 25.8 Å². The topological polar surface area (TPSA) is 75.6 Å². The van der Waals surface area contributed by atoms with Gasteiger partial charge in [-0.15, -0.1) is 0 Å². The number of benzene rings is 1. The SMILES string of the molecule is CCOc1cccc(CNC2CCCS(=O)(=O)C2)c1O. The molecule has 0 radical (unpaired) electrons. The molecule has 20 heavy (non-hydrogen) atoms. The van der Waals surface area contributed by atoms with E-state index in [0.717, 1.165) is 12.0 Å². The van der Waals surface area contributed by atoms with Gasteiger partial charge >= 0.3 is 0 Å². The van der Waals surface area contributed by atoms with Crippen molar-refractivity contribution in [2.75, 3.05) is 18.1 Å². The van der Waals surface area contributed by atoms with Crippen LogP contribution in [0.5, 0.6) is 11.5 Å². The summed E-state index contributed by atoms with van der Waals surface area (Å²) in [6.45, 7) is 2.79. The molecule has 112 valence electrons. The highest BCUT2D eigenvalue weighted by Crippen LogP contribution is 2.29. The van der Waals surface area contributed by atoms with Crippen molar-refractivity contribution in [2.45, 2.75) is 32.4 Å². The summed E-state index contributed by atoms with van der Waals surface area (Å²) in [4.78, 5) is 0. The number of sulfone groups is 1. The van der Waals surface area contributed by atoms with Crippen LogP contribution in [0.4, 0.5) is 0 Å². The lowest BCUT2D eigenvalue weighted by atomic mass is 10.1. The van der Waals surface area contributed by atoms with Gasteiger partial charge in [-0.3, -0.25) is 0 Å². The van der Waals surface area contributed by atoms with Crippen molar-refractivity contribution in [3.05, 3.63) is 23.8 Å². The molecule has 1 aromatic carbocycles. The maximum Gasteiger partial charge on any atom is 0.162 e. The number of para-hydroxylation sites is 1. The lowest BCUT2D eigenvalue weighted by molar-refractivity contribution is 0.316. The first-order chi connectivity index (χ1) is 9.52. The van der Waals surface area contributed by atoms with Crippen molar-refractivity contribution < 1.29 is 18.3 Å². The summed E-state index contributed by atoms with van der Waals surface area (Å²) in [6, 6.07) is 5.30. The number of nitrogens with one attached hydrogen (secondary N) is 1. The Kier molecular flexibility index (Phi) is 4.88. The molecule has 2 rings (SSSR count). The Morgan fingerprint density at radius 3 is 2.95 bits per heavy atom. The molecule has 1 heterocycles. The molecule has 1 atom stereocenters. The second-order valence-corrected chi connectivity index (χ2v) is 7.26. The van der Waals surface area contributed by atoms with Gasteiger partial charge in [-0.1, -0.05) is 12.1 Å². The molecule has 0 spiro atoms. The summed E-state index contributed by atoms with van der Waals surface area (Å²) in [5, 5.41) is 13.3. The molecule has 1 saturated heterocycles. The lowest BCUT2D eigenvalue weighted by Crippen LogP contribution is -2.39. The van der Waals surface area contributed by atoms with Crippen molar-refractivity contribution in [3.63, 3.8) is 0 Å². The number of aromatic hydroxyl groups is 1. The Labute approximate surface area is 119 Å². The van der Waals surface area contributed by atoms with Crippen molar-refractivity contribution in [2.24, 2.45) is 0 Å². The average Bonchev–Trinajstić information content (AvgIpc) is 2.39. The second kappa shape index (κ2) is 6.45. The first-order valence-electron chi connectivity index (χ1n) is 6.89. The maximum absolute atomic E-state index is 11.6. The standard InChI is InChI=1S/C14H21NO4S/c1-2-19-13-7-3-5-11(14(13)16)9-15-12-6-4-8-20(17,18)10-12/h3,5,7,12,15-16H,2,4,6,8-10H2,1H3. The molecule has 0 saturated carbocycles. The number of hydrogen-bond acceptors (Lipinski definition) is 5. The molecule has 2 N–H and O–H groups in total. The van der Waals surface area contributed by atoms with Crippen LogP contribution in [-0.4, -0.2) is 37.7 Å². The minimum absolute atomic E-state index is 0.0381. The number of rotatable bonds is 5. The van der Waals surface area contributed by atoms with Crippen LogP contribution in [0.1, 0.15) is 25.3 Å². The van der Waals surface area contributed by atoms with Crippen LogP contribution in [0.25, 0.3) is 0 Å². The van der Waals surface area contributed by atoms with Crippen molar-refractivity contribution in [3.8, 4) is 11.5 Å². The van der Waals surface area contributed by atoms with Crippen LogP contribution in [0, 0.1) is 0 Å². The van der Waals surface area contributed by atoms with E-state index in [-0.39, 0.29) is 23.3 Å². The van der Waals surface area contributed by atoms with E-state index in [0.29, 0.717) is 25.3 Å². The molecule has 0 aromatic heterocycles. The first-order valence-corrected chi connectivity index (χ1v) is 8.71. The minimum atomic E-state index is -2.91. The molecule has 1 aromatic rings. The molecule has 0 bridgehead atoms. The molecular formula is C14H21NO4S. The largest absolute Gasteiger partial charge is 0.504 e. The molecule has 1 aliphatic rings. The van der Waals surface area contributed by atoms with E-state index >= 15 is 0 Å². The highest BCUT2D eigenvalue weighted by molar-refractivity contribution is 7.91. The number of phenolic OH excluding ortho intramolecular Hbond substituents is 1. The van der Waals surface area contributed by atoms with Gasteiger partial charge in [-0.2, -0.15) is 0 Å². The van der Waals surface area contributed by atoms with Gasteiger partial charge in [0, 0.05) is 18.2 Å². The van der Waals surface area contributed by atoms with E-state index < -0.39 is 9.84 Å². The lowest BCUT2D eigenvalue weighted by Gasteiger charge is -2.23. The molecule has 0 amide bonds. The minimum Gasteiger partial charge on any atom is -0.504 e. The third-order valence-electron chi connectivity index (χ3n) is 3.43. The van der Waals surface area contributed by atoms with Crippen molar-refractivity contribution >= 4 is 9.84 Å². The fourth-order valence-electron chi connectivity index (χ4n) is 2.42. The molecule has 1 fully saturated rings. The van der Waals surface area contributed by atoms with Gasteiger partial charge in [0.05, 0.1) is 18.1 Å². The third-order valence-corrected chi connectivity index (χ3v) is 5.25. The predicted octanol–water partition coefficient (Wildman–Crippen LogP) is 1.46. The molecule has 0 aliphatic carbocycles. The van der Waals surface area contributed by atoms with Gasteiger partial charge < -0.3 is 15.2 Å². The quantitative estimate of drug-likeness (QED) is 0.861. The summed E-state index contributed by atoms with van der Waals surface area (Å²) in [5.41, 5.74) is 0.721. The van der Waals surface area contributed by atoms with Crippen LogP contribution < -0.4 is 10.1 Å². The number of phenols is 1. The first kappa shape index (κ1) is 15.1. The predicted molar refractivity (Wildman–Crippen MR) is 77.8 cm³/mol. The molecule has 1 unspecified atom stereocenters. The van der Waals surface area contributed by atoms with Crippen molar-refractivity contribution in [1.82, 2.24) is 5.32 Å². The van der Waals surface area contributed by atoms with Gasteiger partial charge in [0.25, 0.3) is 0 Å². The normalized spacial score (nSPS) is 21.6. The van der Waals surface area contributed by atoms with E-state index in [4.69, 9.17) is 4.74 Å². The highest BCUT2D eigenvalue weighted by Gasteiger charge is 2.24. The molecule has 6 heteroatoms. The van der Waals surface area contributed by atoms with E-state index in [9.17, 15) is 13.5 Å². The fourth-order valence-corrected chi connectivity index (χ4v) is 4.09. The Balaban J connectivity index is 1.99. The molecule has 1 aliphatic heterocycles. The maximum atomic E-state index is 11.6. The Morgan fingerprint density at radius 1 is 1.45 bits per heavy atom. The Hall–Kier alpha value is -1.27. The van der Waals surface area contributed by atoms with Gasteiger partial charge in [0.15, 0.2) is 21.3 Å². The number of ether oxygens (including phenoxy) is 1. The van der Waals surface area contributed by atoms with Crippen LogP contribution in [0.15, 0.2) is 18.2 Å². The van der Waals surface area contributed by atoms with Crippen molar-refractivity contribution in [1.29, 1.82) is 0 Å². The zero-order valence-electron chi connectivity index (χ0n) is 11.6. The van der Waals surface area contributed by atoms with Gasteiger partial charge in [0.2, 0.25) is 0 Å². The summed E-state index contributed by atoms with van der Waals surface area (Å²) in [6.07, 6.45) is 1.55. The zero-order chi connectivity index (χ0) is 14.6. The smallest absolute Gasteiger partial charge is 0.162 e. The van der Waals surface area contributed by atoms with E-state index in [1.54, 1.807) is 6.07 Å². The van der Waals surface area contributed by atoms with Crippen LogP contribution in [0.2, 0.25) is 0 Å². The van der Waals surface area contributed by atoms with Gasteiger partial charge in [0.1, 0.15) is 0 Å². The molecule has 5 nitrogen and oxygen atoms in total. The summed E-state index contributed by atoms with van der Waals surface area (Å²) in [5.74, 6) is 1.05. The molecular weight excluding hydrogens is 278 g/mol. The third kappa shape index (κ3) is 3.86. The summed E-state index contributed by atoms with van der Waals surface area (Å²) in [7, 11) is -2.91. The Morgan fingerprint density at radius 2 is 2.25 bits per heavy atom. The fraction of sp³-hybridized carbons (Fsp3) is 0.571. The summed E-state index contributed by atoms with van der Waals surface area (Å²) < 4.78 is 28.5. The second-order valence-electron chi connectivity index (χ2n) is 5.03. The van der Waals surface area contributed by atoms with Crippen LogP contribution >= 0.6 is 0 Å². The van der Waals surface area contributed by atoms with Crippen LogP contribution in [0.3, 0.4) is 0 Å². The van der Waals surface area contributed by atoms with Gasteiger partial charge in [-0.25, -0.2) is 8.42 Å². The van der Waals surface area contributed by atoms with E-state index in [1.807, 2.05) is 19.1 Å². The monoisotopic (exact) mass is 299 g/mol. The Bertz CT molecular complexity index is 556. The van der Waals surface area contributed by atoms with E-state index in [2.05, 4.69) is 5.32 Å². The van der Waals surface area contributed by atoms with E-state index in [1.165, 1.54) is 0 Å². The zero-order valence-corrected chi connectivity index (χ0v) is 12.4. The average molecular weight is 299 g/mol. The number of hydrogen-bond donors (Lipinski definition) is 2.